The zero-order valence-corrected chi connectivity index (χ0v) is 10.7. The molecule has 2 N–H and O–H groups in total. The number of aliphatic hydroxyl groups excluding tert-OH is 2. The molecule has 0 bridgehead atoms. The molecule has 0 amide bonds. The van der Waals surface area contributed by atoms with Gasteiger partial charge in [-0.05, 0) is 18.9 Å². The van der Waals surface area contributed by atoms with Gasteiger partial charge in [0.15, 0.2) is 0 Å². The molecular weight excluding hydrogens is 212 g/mol. The largest absolute Gasteiger partial charge is 0.396 e. The predicted octanol–water partition coefficient (Wildman–Crippen LogP) is 2.82. The summed E-state index contributed by atoms with van der Waals surface area (Å²) in [6.07, 6.45) is 12.6. The highest BCUT2D eigenvalue weighted by atomic mass is 16.3. The molecule has 0 saturated heterocycles. The Morgan fingerprint density at radius 2 is 2.00 bits per heavy atom. The minimum absolute atomic E-state index is 0.197. The van der Waals surface area contributed by atoms with Crippen LogP contribution in [0.5, 0.6) is 0 Å². The van der Waals surface area contributed by atoms with Gasteiger partial charge in [0.2, 0.25) is 0 Å². The van der Waals surface area contributed by atoms with E-state index in [0.29, 0.717) is 0 Å². The first-order valence-electron chi connectivity index (χ1n) is 6.42. The fraction of sp³-hybridized carbons (Fsp3) is 0.600. The Morgan fingerprint density at radius 3 is 2.71 bits per heavy atom. The molecule has 96 valence electrons. The van der Waals surface area contributed by atoms with Crippen LogP contribution in [0.1, 0.15) is 45.4 Å². The molecular formula is C15H24O2. The Balaban J connectivity index is 3.61. The summed E-state index contributed by atoms with van der Waals surface area (Å²) in [5, 5.41) is 18.1. The van der Waals surface area contributed by atoms with Gasteiger partial charge in [-0.15, -0.1) is 0 Å². The molecule has 0 unspecified atom stereocenters. The van der Waals surface area contributed by atoms with Gasteiger partial charge in [0.25, 0.3) is 0 Å². The van der Waals surface area contributed by atoms with Crippen molar-refractivity contribution < 1.29 is 10.2 Å². The molecule has 2 nitrogen and oxygen atoms in total. The number of unbranched alkanes of at least 4 members (excludes halogenated alkanes) is 3. The van der Waals surface area contributed by atoms with Gasteiger partial charge in [-0.25, -0.2) is 0 Å². The van der Waals surface area contributed by atoms with E-state index in [-0.39, 0.29) is 12.7 Å². The van der Waals surface area contributed by atoms with Crippen LogP contribution in [0.15, 0.2) is 24.3 Å². The fourth-order valence-corrected chi connectivity index (χ4v) is 1.29. The zero-order chi connectivity index (χ0) is 12.8. The lowest BCUT2D eigenvalue weighted by Gasteiger charge is -2.02. The van der Waals surface area contributed by atoms with E-state index in [1.165, 1.54) is 12.8 Å². The van der Waals surface area contributed by atoms with Crippen LogP contribution in [-0.4, -0.2) is 22.9 Å². The van der Waals surface area contributed by atoms with E-state index in [0.717, 1.165) is 25.7 Å². The molecule has 0 aliphatic carbocycles. The van der Waals surface area contributed by atoms with Crippen molar-refractivity contribution >= 4 is 0 Å². The Labute approximate surface area is 105 Å². The quantitative estimate of drug-likeness (QED) is 0.386. The van der Waals surface area contributed by atoms with E-state index in [4.69, 9.17) is 5.11 Å². The molecule has 0 saturated carbocycles. The molecule has 0 fully saturated rings. The summed E-state index contributed by atoms with van der Waals surface area (Å²) in [6.45, 7) is 2.35. The summed E-state index contributed by atoms with van der Waals surface area (Å²) in [5.41, 5.74) is 0. The zero-order valence-electron chi connectivity index (χ0n) is 10.7. The Kier molecular flexibility index (Phi) is 12.2. The van der Waals surface area contributed by atoms with Crippen LogP contribution in [-0.2, 0) is 0 Å². The van der Waals surface area contributed by atoms with Crippen molar-refractivity contribution in [3.63, 3.8) is 0 Å². The maximum Gasteiger partial charge on any atom is 0.0723 e. The summed E-state index contributed by atoms with van der Waals surface area (Å²) in [6, 6.07) is 0. The van der Waals surface area contributed by atoms with Crippen LogP contribution < -0.4 is 0 Å². The van der Waals surface area contributed by atoms with Crippen LogP contribution in [0.3, 0.4) is 0 Å². The van der Waals surface area contributed by atoms with Crippen LogP contribution in [0.2, 0.25) is 0 Å². The fourth-order valence-electron chi connectivity index (χ4n) is 1.29. The van der Waals surface area contributed by atoms with E-state index in [1.54, 1.807) is 12.2 Å². The van der Waals surface area contributed by atoms with Gasteiger partial charge in [0.1, 0.15) is 0 Å². The molecule has 2 heteroatoms. The van der Waals surface area contributed by atoms with Crippen molar-refractivity contribution in [1.29, 1.82) is 0 Å². The second kappa shape index (κ2) is 13.0. The van der Waals surface area contributed by atoms with E-state index < -0.39 is 0 Å². The maximum atomic E-state index is 9.56. The average Bonchev–Trinajstić information content (AvgIpc) is 2.33. The topological polar surface area (TPSA) is 40.5 Å². The second-order valence-corrected chi connectivity index (χ2v) is 3.96. The minimum Gasteiger partial charge on any atom is -0.396 e. The van der Waals surface area contributed by atoms with Gasteiger partial charge in [-0.2, -0.15) is 0 Å². The van der Waals surface area contributed by atoms with Crippen molar-refractivity contribution in [2.75, 3.05) is 6.61 Å². The molecule has 0 heterocycles. The third-order valence-electron chi connectivity index (χ3n) is 2.29. The molecule has 0 radical (unpaired) electrons. The third kappa shape index (κ3) is 12.9. The smallest absolute Gasteiger partial charge is 0.0723 e. The van der Waals surface area contributed by atoms with Crippen molar-refractivity contribution in [3.05, 3.63) is 24.3 Å². The van der Waals surface area contributed by atoms with E-state index in [9.17, 15) is 5.11 Å². The first-order valence-corrected chi connectivity index (χ1v) is 6.42. The number of hydrogen-bond acceptors (Lipinski definition) is 2. The van der Waals surface area contributed by atoms with Crippen LogP contribution in [0.25, 0.3) is 0 Å². The van der Waals surface area contributed by atoms with Gasteiger partial charge in [-0.3, -0.25) is 0 Å². The van der Waals surface area contributed by atoms with E-state index in [2.05, 4.69) is 18.8 Å². The monoisotopic (exact) mass is 236 g/mol. The summed E-state index contributed by atoms with van der Waals surface area (Å²) in [7, 11) is 0. The highest BCUT2D eigenvalue weighted by molar-refractivity contribution is 5.19. The third-order valence-corrected chi connectivity index (χ3v) is 2.29. The second-order valence-electron chi connectivity index (χ2n) is 3.96. The first kappa shape index (κ1) is 16.0. The summed E-state index contributed by atoms with van der Waals surface area (Å²) < 4.78 is 0. The summed E-state index contributed by atoms with van der Waals surface area (Å²) in [4.78, 5) is 0. The van der Waals surface area contributed by atoms with Crippen molar-refractivity contribution in [1.82, 2.24) is 0 Å². The minimum atomic E-state index is -0.339. The lowest BCUT2D eigenvalue weighted by Crippen LogP contribution is -2.00. The lowest BCUT2D eigenvalue weighted by molar-refractivity contribution is 0.208. The maximum absolute atomic E-state index is 9.56. The molecule has 0 rings (SSSR count). The first-order chi connectivity index (χ1) is 8.31. The van der Waals surface area contributed by atoms with Crippen LogP contribution >= 0.6 is 0 Å². The van der Waals surface area contributed by atoms with Gasteiger partial charge in [0, 0.05) is 13.0 Å². The Hall–Kier alpha value is -1.04. The predicted molar refractivity (Wildman–Crippen MR) is 72.5 cm³/mol. The normalized spacial score (nSPS) is 12.9. The highest BCUT2D eigenvalue weighted by Crippen LogP contribution is 2.04. The lowest BCUT2D eigenvalue weighted by atomic mass is 10.1. The van der Waals surface area contributed by atoms with Gasteiger partial charge < -0.3 is 10.2 Å². The molecule has 0 aliphatic rings. The van der Waals surface area contributed by atoms with Crippen molar-refractivity contribution in [3.8, 4) is 11.8 Å². The number of allylic oxidation sites excluding steroid dienone is 3. The average molecular weight is 236 g/mol. The van der Waals surface area contributed by atoms with Gasteiger partial charge in [-0.1, -0.05) is 56.3 Å². The Bertz CT molecular complexity index is 268. The summed E-state index contributed by atoms with van der Waals surface area (Å²) >= 11 is 0. The summed E-state index contributed by atoms with van der Waals surface area (Å²) in [5.74, 6) is 5.79. The SMILES string of the molecule is CCCCC[C@H](O)/C=C/C=C/C#CCCCO. The van der Waals surface area contributed by atoms with Crippen molar-refractivity contribution in [2.45, 2.75) is 51.6 Å². The molecule has 0 spiro atoms. The van der Waals surface area contributed by atoms with Crippen LogP contribution in [0, 0.1) is 11.8 Å². The molecule has 1 atom stereocenters. The van der Waals surface area contributed by atoms with E-state index >= 15 is 0 Å². The molecule has 17 heavy (non-hydrogen) atoms. The van der Waals surface area contributed by atoms with Crippen molar-refractivity contribution in [2.24, 2.45) is 0 Å². The number of aliphatic hydroxyl groups is 2. The van der Waals surface area contributed by atoms with Crippen LogP contribution in [0.4, 0.5) is 0 Å². The Morgan fingerprint density at radius 1 is 1.18 bits per heavy atom. The highest BCUT2D eigenvalue weighted by Gasteiger charge is 1.96. The number of rotatable bonds is 8. The standard InChI is InChI=1S/C15H24O2/c1-2-3-9-12-15(17)13-10-7-5-4-6-8-11-14-16/h5,7,10,13,15-17H,2-3,8-9,11-12,14H2,1H3/b7-5+,13-10+/t15-/m0/s1. The van der Waals surface area contributed by atoms with Gasteiger partial charge in [0.05, 0.1) is 6.10 Å². The molecule has 0 aliphatic heterocycles. The van der Waals surface area contributed by atoms with E-state index in [1.807, 2.05) is 12.2 Å². The van der Waals surface area contributed by atoms with Gasteiger partial charge >= 0.3 is 0 Å². The number of hydrogen-bond donors (Lipinski definition) is 2. The molecule has 0 aromatic rings. The molecule has 0 aromatic carbocycles. The molecule has 0 aromatic heterocycles.